The van der Waals surface area contributed by atoms with E-state index in [1.807, 2.05) is 25.1 Å². The number of carbonyl (C=O) groups excluding carboxylic acids is 1. The van der Waals surface area contributed by atoms with Crippen molar-refractivity contribution in [1.82, 2.24) is 4.90 Å². The molecule has 118 valence electrons. The fourth-order valence-electron chi connectivity index (χ4n) is 2.29. The van der Waals surface area contributed by atoms with E-state index in [4.69, 9.17) is 5.73 Å². The quantitative estimate of drug-likeness (QED) is 0.541. The molecule has 0 unspecified atom stereocenters. The lowest BCUT2D eigenvalue weighted by molar-refractivity contribution is -0.116. The fourth-order valence-corrected chi connectivity index (χ4v) is 2.29. The minimum atomic E-state index is 0.0739. The van der Waals surface area contributed by atoms with Gasteiger partial charge in [0.2, 0.25) is 5.91 Å². The van der Waals surface area contributed by atoms with Crippen LogP contribution in [0.15, 0.2) is 18.2 Å². The Balaban J connectivity index is 2.25. The molecule has 1 amide bonds. The van der Waals surface area contributed by atoms with Crippen LogP contribution in [0.25, 0.3) is 0 Å². The van der Waals surface area contributed by atoms with Crippen LogP contribution in [0.3, 0.4) is 0 Å². The van der Waals surface area contributed by atoms with Gasteiger partial charge in [-0.25, -0.2) is 0 Å². The Bertz CT molecular complexity index is 446. The van der Waals surface area contributed by atoms with Crippen molar-refractivity contribution >= 4 is 17.3 Å². The molecule has 1 aromatic rings. The number of hydrogen-bond donors (Lipinski definition) is 2. The number of aryl methyl sites for hydroxylation is 1. The van der Waals surface area contributed by atoms with Crippen molar-refractivity contribution in [2.75, 3.05) is 31.2 Å². The Morgan fingerprint density at radius 2 is 1.95 bits per heavy atom. The van der Waals surface area contributed by atoms with Crippen molar-refractivity contribution < 1.29 is 4.79 Å². The molecular weight excluding hydrogens is 262 g/mol. The maximum atomic E-state index is 11.9. The monoisotopic (exact) mass is 291 g/mol. The van der Waals surface area contributed by atoms with Crippen molar-refractivity contribution in [3.05, 3.63) is 23.8 Å². The first-order valence-electron chi connectivity index (χ1n) is 7.87. The summed E-state index contributed by atoms with van der Waals surface area (Å²) in [5, 5.41) is 2.95. The van der Waals surface area contributed by atoms with Crippen LogP contribution >= 0.6 is 0 Å². The molecule has 21 heavy (non-hydrogen) atoms. The maximum Gasteiger partial charge on any atom is 0.224 e. The SMILES string of the molecule is CCCCCN(C)CCCC(=O)Nc1ccc(N)cc1C. The summed E-state index contributed by atoms with van der Waals surface area (Å²) in [6.07, 6.45) is 5.21. The number of amides is 1. The number of unbranched alkanes of at least 4 members (excludes halogenated alkanes) is 2. The van der Waals surface area contributed by atoms with Crippen molar-refractivity contribution in [1.29, 1.82) is 0 Å². The lowest BCUT2D eigenvalue weighted by atomic mass is 10.1. The number of nitrogen functional groups attached to an aromatic ring is 1. The van der Waals surface area contributed by atoms with E-state index >= 15 is 0 Å². The second kappa shape index (κ2) is 9.40. The highest BCUT2D eigenvalue weighted by atomic mass is 16.1. The summed E-state index contributed by atoms with van der Waals surface area (Å²) in [6.45, 7) is 6.25. The van der Waals surface area contributed by atoms with Gasteiger partial charge < -0.3 is 16.0 Å². The van der Waals surface area contributed by atoms with Crippen LogP contribution in [0.1, 0.15) is 44.6 Å². The Hall–Kier alpha value is -1.55. The third-order valence-electron chi connectivity index (χ3n) is 3.61. The average Bonchev–Trinajstić information content (AvgIpc) is 2.42. The topological polar surface area (TPSA) is 58.4 Å². The number of nitrogens with zero attached hydrogens (tertiary/aromatic N) is 1. The first kappa shape index (κ1) is 17.5. The lowest BCUT2D eigenvalue weighted by Crippen LogP contribution is -2.22. The number of carbonyl (C=O) groups is 1. The van der Waals surface area contributed by atoms with Crippen LogP contribution in [-0.4, -0.2) is 30.9 Å². The van der Waals surface area contributed by atoms with E-state index in [1.165, 1.54) is 19.3 Å². The van der Waals surface area contributed by atoms with Crippen molar-refractivity contribution in [2.24, 2.45) is 0 Å². The van der Waals surface area contributed by atoms with Gasteiger partial charge >= 0.3 is 0 Å². The Kier molecular flexibility index (Phi) is 7.83. The molecule has 0 aliphatic rings. The van der Waals surface area contributed by atoms with Gasteiger partial charge in [-0.05, 0) is 63.7 Å². The van der Waals surface area contributed by atoms with E-state index in [9.17, 15) is 4.79 Å². The molecule has 1 aromatic carbocycles. The van der Waals surface area contributed by atoms with Gasteiger partial charge in [0.25, 0.3) is 0 Å². The molecule has 4 nitrogen and oxygen atoms in total. The molecule has 0 aromatic heterocycles. The zero-order valence-corrected chi connectivity index (χ0v) is 13.6. The first-order valence-corrected chi connectivity index (χ1v) is 7.87. The maximum absolute atomic E-state index is 11.9. The predicted octanol–water partition coefficient (Wildman–Crippen LogP) is 3.42. The number of nitrogens with one attached hydrogen (secondary N) is 1. The molecule has 0 heterocycles. The van der Waals surface area contributed by atoms with Gasteiger partial charge in [0.1, 0.15) is 0 Å². The van der Waals surface area contributed by atoms with Gasteiger partial charge in [0.05, 0.1) is 0 Å². The minimum absolute atomic E-state index is 0.0739. The number of hydrogen-bond acceptors (Lipinski definition) is 3. The summed E-state index contributed by atoms with van der Waals surface area (Å²) in [5.41, 5.74) is 8.28. The van der Waals surface area contributed by atoms with Gasteiger partial charge in [-0.15, -0.1) is 0 Å². The highest BCUT2D eigenvalue weighted by Gasteiger charge is 2.06. The average molecular weight is 291 g/mol. The summed E-state index contributed by atoms with van der Waals surface area (Å²) in [6, 6.07) is 5.54. The molecule has 4 heteroatoms. The number of nitrogens with two attached hydrogens (primary N) is 1. The molecule has 1 rings (SSSR count). The molecule has 0 aliphatic heterocycles. The molecule has 0 saturated heterocycles. The van der Waals surface area contributed by atoms with Gasteiger partial charge in [-0.1, -0.05) is 19.8 Å². The normalized spacial score (nSPS) is 10.9. The van der Waals surface area contributed by atoms with Gasteiger partial charge in [0.15, 0.2) is 0 Å². The Labute approximate surface area is 128 Å². The molecule has 0 saturated carbocycles. The first-order chi connectivity index (χ1) is 10.0. The zero-order chi connectivity index (χ0) is 15.7. The van der Waals surface area contributed by atoms with Crippen LogP contribution in [-0.2, 0) is 4.79 Å². The van der Waals surface area contributed by atoms with Crippen LogP contribution in [0.4, 0.5) is 11.4 Å². The number of anilines is 2. The van der Waals surface area contributed by atoms with Crippen molar-refractivity contribution in [3.63, 3.8) is 0 Å². The molecule has 3 N–H and O–H groups in total. The van der Waals surface area contributed by atoms with Crippen LogP contribution < -0.4 is 11.1 Å². The Morgan fingerprint density at radius 3 is 2.62 bits per heavy atom. The summed E-state index contributed by atoms with van der Waals surface area (Å²) < 4.78 is 0. The molecular formula is C17H29N3O. The van der Waals surface area contributed by atoms with Crippen molar-refractivity contribution in [3.8, 4) is 0 Å². The van der Waals surface area contributed by atoms with Gasteiger partial charge in [-0.2, -0.15) is 0 Å². The standard InChI is InChI=1S/C17H29N3O/c1-4-5-6-11-20(3)12-7-8-17(21)19-16-10-9-15(18)13-14(16)2/h9-10,13H,4-8,11-12,18H2,1-3H3,(H,19,21). The van der Waals surface area contributed by atoms with E-state index < -0.39 is 0 Å². The molecule has 0 radical (unpaired) electrons. The molecule has 0 aliphatic carbocycles. The largest absolute Gasteiger partial charge is 0.399 e. The second-order valence-electron chi connectivity index (χ2n) is 5.74. The van der Waals surface area contributed by atoms with Crippen LogP contribution in [0.2, 0.25) is 0 Å². The van der Waals surface area contributed by atoms with E-state index in [0.717, 1.165) is 36.4 Å². The smallest absolute Gasteiger partial charge is 0.224 e. The van der Waals surface area contributed by atoms with Gasteiger partial charge in [0, 0.05) is 17.8 Å². The second-order valence-corrected chi connectivity index (χ2v) is 5.74. The summed E-state index contributed by atoms with van der Waals surface area (Å²) >= 11 is 0. The summed E-state index contributed by atoms with van der Waals surface area (Å²) in [5.74, 6) is 0.0739. The number of benzene rings is 1. The van der Waals surface area contributed by atoms with Crippen LogP contribution in [0.5, 0.6) is 0 Å². The van der Waals surface area contributed by atoms with E-state index in [1.54, 1.807) is 0 Å². The van der Waals surface area contributed by atoms with Crippen molar-refractivity contribution in [2.45, 2.75) is 46.0 Å². The van der Waals surface area contributed by atoms with E-state index in [0.29, 0.717) is 6.42 Å². The highest BCUT2D eigenvalue weighted by molar-refractivity contribution is 5.91. The molecule has 0 spiro atoms. The third kappa shape index (κ3) is 7.14. The summed E-state index contributed by atoms with van der Waals surface area (Å²) in [4.78, 5) is 14.2. The fraction of sp³-hybridized carbons (Fsp3) is 0.588. The van der Waals surface area contributed by atoms with E-state index in [2.05, 4.69) is 24.2 Å². The summed E-state index contributed by atoms with van der Waals surface area (Å²) in [7, 11) is 2.12. The predicted molar refractivity (Wildman–Crippen MR) is 90.5 cm³/mol. The van der Waals surface area contributed by atoms with Crippen LogP contribution in [0, 0.1) is 6.92 Å². The third-order valence-corrected chi connectivity index (χ3v) is 3.61. The minimum Gasteiger partial charge on any atom is -0.399 e. The molecule has 0 fully saturated rings. The molecule has 0 bridgehead atoms. The highest BCUT2D eigenvalue weighted by Crippen LogP contribution is 2.17. The lowest BCUT2D eigenvalue weighted by Gasteiger charge is -2.16. The number of rotatable bonds is 9. The Morgan fingerprint density at radius 1 is 1.24 bits per heavy atom. The zero-order valence-electron chi connectivity index (χ0n) is 13.6. The molecule has 0 atom stereocenters. The van der Waals surface area contributed by atoms with E-state index in [-0.39, 0.29) is 5.91 Å². The van der Waals surface area contributed by atoms with Gasteiger partial charge in [-0.3, -0.25) is 4.79 Å².